The molecule has 2 heterocycles. The number of nitrogens with zero attached hydrogens (tertiary/aromatic N) is 3. The van der Waals surface area contributed by atoms with Crippen LogP contribution in [0.25, 0.3) is 11.1 Å². The highest BCUT2D eigenvalue weighted by atomic mass is 35.5. The third-order valence-electron chi connectivity index (χ3n) is 4.21. The van der Waals surface area contributed by atoms with Gasteiger partial charge in [-0.15, -0.1) is 4.68 Å². The lowest BCUT2D eigenvalue weighted by Crippen LogP contribution is -2.19. The van der Waals surface area contributed by atoms with Crippen LogP contribution in [0.3, 0.4) is 0 Å². The fraction of sp³-hybridized carbons (Fsp3) is 0.389. The van der Waals surface area contributed by atoms with Crippen LogP contribution in [0, 0.1) is 0 Å². The summed E-state index contributed by atoms with van der Waals surface area (Å²) in [6.45, 7) is -0.487. The first-order chi connectivity index (χ1) is 13.5. The fourth-order valence-corrected chi connectivity index (χ4v) is 3.14. The Labute approximate surface area is 165 Å². The first kappa shape index (κ1) is 20.2. The van der Waals surface area contributed by atoms with Gasteiger partial charge in [0.05, 0.1) is 11.9 Å². The molecule has 150 valence electrons. The number of benzene rings is 1. The largest absolute Gasteiger partial charge is 0.442 e. The lowest BCUT2D eigenvalue weighted by molar-refractivity contribution is 0.0121. The summed E-state index contributed by atoms with van der Waals surface area (Å²) >= 11 is 5.97. The Hall–Kier alpha value is -2.52. The van der Waals surface area contributed by atoms with E-state index < -0.39 is 19.1 Å². The zero-order chi connectivity index (χ0) is 20.1. The number of carbonyl (C=O) groups is 1. The lowest BCUT2D eigenvalue weighted by atomic mass is 9.98. The number of rotatable bonds is 5. The first-order valence-corrected chi connectivity index (χ1v) is 9.09. The zero-order valence-corrected chi connectivity index (χ0v) is 15.6. The van der Waals surface area contributed by atoms with Crippen molar-refractivity contribution in [1.82, 2.24) is 9.78 Å². The molecular weight excluding hydrogens is 394 g/mol. The number of nitrogens with two attached hydrogens (primary N) is 1. The maximum Gasteiger partial charge on any atom is 0.436 e. The van der Waals surface area contributed by atoms with Crippen LogP contribution >= 0.6 is 11.6 Å². The Morgan fingerprint density at radius 1 is 1.43 bits per heavy atom. The summed E-state index contributed by atoms with van der Waals surface area (Å²) in [7, 11) is 0. The van der Waals surface area contributed by atoms with Crippen LogP contribution in [0.15, 0.2) is 29.3 Å². The van der Waals surface area contributed by atoms with Crippen LogP contribution < -0.4 is 5.73 Å². The van der Waals surface area contributed by atoms with E-state index in [2.05, 4.69) is 14.8 Å². The predicted octanol–water partition coefficient (Wildman–Crippen LogP) is 4.31. The highest BCUT2D eigenvalue weighted by molar-refractivity contribution is 6.30. The monoisotopic (exact) mass is 412 g/mol. The van der Waals surface area contributed by atoms with Crippen molar-refractivity contribution < 1.29 is 23.0 Å². The Balaban J connectivity index is 2.12. The van der Waals surface area contributed by atoms with Gasteiger partial charge in [0.25, 0.3) is 6.43 Å². The molecule has 0 spiro atoms. The summed E-state index contributed by atoms with van der Waals surface area (Å²) in [4.78, 5) is 16.4. The highest BCUT2D eigenvalue weighted by Gasteiger charge is 2.30. The van der Waals surface area contributed by atoms with Crippen LogP contribution in [0.4, 0.5) is 19.4 Å². The maximum atomic E-state index is 12.4. The molecule has 1 aliphatic heterocycles. The normalized spacial score (nSPS) is 17.4. The summed E-state index contributed by atoms with van der Waals surface area (Å²) in [5.41, 5.74) is 7.12. The van der Waals surface area contributed by atoms with Gasteiger partial charge in [0, 0.05) is 11.6 Å². The van der Waals surface area contributed by atoms with Crippen LogP contribution in [0.1, 0.15) is 31.1 Å². The number of alkyl halides is 2. The molecule has 1 aliphatic rings. The Bertz CT molecular complexity index is 849. The SMILES string of the molecule is N/C=N\c1c(-c2ccc(Cl)cc2)c(C2CCCCO2)nn1C(=O)OCC(F)F. The third-order valence-corrected chi connectivity index (χ3v) is 4.46. The van der Waals surface area contributed by atoms with Crippen molar-refractivity contribution in [1.29, 1.82) is 0 Å². The van der Waals surface area contributed by atoms with E-state index in [0.717, 1.165) is 23.9 Å². The van der Waals surface area contributed by atoms with Gasteiger partial charge in [-0.25, -0.2) is 18.6 Å². The van der Waals surface area contributed by atoms with E-state index in [-0.39, 0.29) is 11.9 Å². The van der Waals surface area contributed by atoms with E-state index >= 15 is 0 Å². The molecule has 1 aromatic carbocycles. The average molecular weight is 413 g/mol. The zero-order valence-electron chi connectivity index (χ0n) is 14.9. The molecule has 1 unspecified atom stereocenters. The molecular formula is C18H19ClF2N4O3. The molecule has 0 aliphatic carbocycles. The van der Waals surface area contributed by atoms with Crippen LogP contribution in [-0.2, 0) is 9.47 Å². The molecule has 3 rings (SSSR count). The number of aromatic nitrogens is 2. The summed E-state index contributed by atoms with van der Waals surface area (Å²) in [5.74, 6) is 0.0771. The molecule has 1 fully saturated rings. The van der Waals surface area contributed by atoms with Gasteiger partial charge in [0.1, 0.15) is 11.8 Å². The predicted molar refractivity (Wildman–Crippen MR) is 100 cm³/mol. The molecule has 28 heavy (non-hydrogen) atoms. The van der Waals surface area contributed by atoms with E-state index in [1.165, 1.54) is 0 Å². The second-order valence-corrected chi connectivity index (χ2v) is 6.54. The second-order valence-electron chi connectivity index (χ2n) is 6.10. The second kappa shape index (κ2) is 9.11. The number of ether oxygens (including phenoxy) is 2. The molecule has 0 saturated carbocycles. The molecule has 1 atom stereocenters. The van der Waals surface area contributed by atoms with E-state index in [1.807, 2.05) is 0 Å². The van der Waals surface area contributed by atoms with E-state index in [1.54, 1.807) is 24.3 Å². The minimum atomic E-state index is -2.79. The van der Waals surface area contributed by atoms with Gasteiger partial charge in [-0.05, 0) is 37.0 Å². The van der Waals surface area contributed by atoms with Gasteiger partial charge in [-0.1, -0.05) is 23.7 Å². The van der Waals surface area contributed by atoms with Crippen molar-refractivity contribution >= 4 is 29.9 Å². The smallest absolute Gasteiger partial charge is 0.436 e. The summed E-state index contributed by atoms with van der Waals surface area (Å²) < 4.78 is 36.2. The van der Waals surface area contributed by atoms with Crippen molar-refractivity contribution in [2.24, 2.45) is 10.7 Å². The number of halogens is 3. The van der Waals surface area contributed by atoms with Crippen molar-refractivity contribution in [3.63, 3.8) is 0 Å². The van der Waals surface area contributed by atoms with E-state index in [4.69, 9.17) is 22.1 Å². The molecule has 0 radical (unpaired) electrons. The molecule has 10 heteroatoms. The Kier molecular flexibility index (Phi) is 6.58. The van der Waals surface area contributed by atoms with Gasteiger partial charge >= 0.3 is 6.09 Å². The first-order valence-electron chi connectivity index (χ1n) is 8.71. The van der Waals surface area contributed by atoms with Crippen LogP contribution in [0.5, 0.6) is 0 Å². The summed E-state index contributed by atoms with van der Waals surface area (Å²) in [5, 5.41) is 4.83. The Morgan fingerprint density at radius 3 is 2.79 bits per heavy atom. The van der Waals surface area contributed by atoms with E-state index in [0.29, 0.717) is 34.9 Å². The average Bonchev–Trinajstić information content (AvgIpc) is 3.07. The molecule has 1 aromatic heterocycles. The van der Waals surface area contributed by atoms with Gasteiger partial charge < -0.3 is 15.2 Å². The summed E-state index contributed by atoms with van der Waals surface area (Å²) in [6, 6.07) is 6.86. The Morgan fingerprint density at radius 2 is 2.18 bits per heavy atom. The number of hydrogen-bond donors (Lipinski definition) is 1. The lowest BCUT2D eigenvalue weighted by Gasteiger charge is -2.22. The standard InChI is InChI=1S/C18H19ClF2N4O3/c19-12-6-4-11(5-7-12)15-16(13-3-1-2-8-27-13)24-25(17(15)23-10-22)18(26)28-9-14(20)21/h4-7,10,13-14H,1-3,8-9H2,(H2,22,23). The molecule has 0 amide bonds. The van der Waals surface area contributed by atoms with E-state index in [9.17, 15) is 13.6 Å². The van der Waals surface area contributed by atoms with Gasteiger partial charge in [0.15, 0.2) is 12.4 Å². The highest BCUT2D eigenvalue weighted by Crippen LogP contribution is 2.40. The topological polar surface area (TPSA) is 91.7 Å². The molecule has 1 saturated heterocycles. The van der Waals surface area contributed by atoms with Gasteiger partial charge in [-0.3, -0.25) is 0 Å². The maximum absolute atomic E-state index is 12.4. The van der Waals surface area contributed by atoms with Crippen molar-refractivity contribution in [2.45, 2.75) is 31.8 Å². The van der Waals surface area contributed by atoms with Crippen LogP contribution in [-0.4, -0.2) is 41.9 Å². The minimum absolute atomic E-state index is 0.0771. The van der Waals surface area contributed by atoms with Crippen LogP contribution in [0.2, 0.25) is 5.02 Å². The number of aliphatic imine (C=N–C) groups is 1. The van der Waals surface area contributed by atoms with Crippen molar-refractivity contribution in [3.8, 4) is 11.1 Å². The minimum Gasteiger partial charge on any atom is -0.442 e. The van der Waals surface area contributed by atoms with Gasteiger partial charge in [-0.2, -0.15) is 5.10 Å². The summed E-state index contributed by atoms with van der Waals surface area (Å²) in [6.07, 6.45) is -0.666. The number of carbonyl (C=O) groups excluding carboxylic acids is 1. The molecule has 2 aromatic rings. The quantitative estimate of drug-likeness (QED) is 0.583. The van der Waals surface area contributed by atoms with Gasteiger partial charge in [0.2, 0.25) is 0 Å². The van der Waals surface area contributed by atoms with Crippen molar-refractivity contribution in [3.05, 3.63) is 35.0 Å². The molecule has 0 bridgehead atoms. The fourth-order valence-electron chi connectivity index (χ4n) is 3.01. The number of hydrogen-bond acceptors (Lipinski definition) is 5. The molecule has 2 N–H and O–H groups in total. The molecule has 7 nitrogen and oxygen atoms in total. The van der Waals surface area contributed by atoms with Crippen molar-refractivity contribution in [2.75, 3.05) is 13.2 Å². The third kappa shape index (κ3) is 4.48.